The minimum absolute atomic E-state index is 0.111. The maximum atomic E-state index is 13.9. The van der Waals surface area contributed by atoms with Crippen LogP contribution in [0.2, 0.25) is 5.02 Å². The third kappa shape index (κ3) is 3.32. The Morgan fingerprint density at radius 2 is 1.88 bits per heavy atom. The first-order chi connectivity index (χ1) is 11.4. The van der Waals surface area contributed by atoms with Crippen LogP contribution < -0.4 is 0 Å². The van der Waals surface area contributed by atoms with E-state index in [2.05, 4.69) is 0 Å². The molecule has 1 aliphatic heterocycles. The molecule has 0 aliphatic carbocycles. The minimum atomic E-state index is -3.95. The largest absolute Gasteiger partial charge is 0.335 e. The highest BCUT2D eigenvalue weighted by molar-refractivity contribution is 7.89. The lowest BCUT2D eigenvalue weighted by Crippen LogP contribution is -2.50. The SMILES string of the molecule is O=C(c1cccs1)N1CCN(S(=O)(=O)c2ccc(Cl)cc2F)CC1. The van der Waals surface area contributed by atoms with Gasteiger partial charge in [0.2, 0.25) is 10.0 Å². The minimum Gasteiger partial charge on any atom is -0.335 e. The second kappa shape index (κ2) is 6.79. The van der Waals surface area contributed by atoms with Crippen molar-refractivity contribution in [1.82, 2.24) is 9.21 Å². The highest BCUT2D eigenvalue weighted by Crippen LogP contribution is 2.24. The van der Waals surface area contributed by atoms with Crippen LogP contribution in [-0.2, 0) is 10.0 Å². The van der Waals surface area contributed by atoms with Crippen molar-refractivity contribution in [3.05, 3.63) is 51.4 Å². The van der Waals surface area contributed by atoms with Crippen molar-refractivity contribution in [2.24, 2.45) is 0 Å². The molecule has 0 bridgehead atoms. The van der Waals surface area contributed by atoms with Gasteiger partial charge in [-0.3, -0.25) is 4.79 Å². The highest BCUT2D eigenvalue weighted by Gasteiger charge is 2.32. The second-order valence-electron chi connectivity index (χ2n) is 5.25. The lowest BCUT2D eigenvalue weighted by Gasteiger charge is -2.33. The van der Waals surface area contributed by atoms with E-state index in [1.165, 1.54) is 21.7 Å². The Bertz CT molecular complexity index is 848. The van der Waals surface area contributed by atoms with Crippen molar-refractivity contribution in [1.29, 1.82) is 0 Å². The van der Waals surface area contributed by atoms with E-state index in [1.807, 2.05) is 5.38 Å². The van der Waals surface area contributed by atoms with E-state index in [0.717, 1.165) is 12.1 Å². The zero-order chi connectivity index (χ0) is 17.3. The van der Waals surface area contributed by atoms with E-state index in [0.29, 0.717) is 4.88 Å². The number of rotatable bonds is 3. The van der Waals surface area contributed by atoms with E-state index >= 15 is 0 Å². The van der Waals surface area contributed by atoms with Crippen molar-refractivity contribution < 1.29 is 17.6 Å². The van der Waals surface area contributed by atoms with Crippen LogP contribution in [-0.4, -0.2) is 49.7 Å². The lowest BCUT2D eigenvalue weighted by atomic mass is 10.3. The smallest absolute Gasteiger partial charge is 0.264 e. The van der Waals surface area contributed by atoms with E-state index in [9.17, 15) is 17.6 Å². The van der Waals surface area contributed by atoms with Gasteiger partial charge in [-0.25, -0.2) is 12.8 Å². The van der Waals surface area contributed by atoms with Crippen molar-refractivity contribution >= 4 is 38.9 Å². The Morgan fingerprint density at radius 1 is 1.17 bits per heavy atom. The first-order valence-corrected chi connectivity index (χ1v) is 9.87. The number of hydrogen-bond acceptors (Lipinski definition) is 4. The van der Waals surface area contributed by atoms with Gasteiger partial charge in [0.15, 0.2) is 0 Å². The summed E-state index contributed by atoms with van der Waals surface area (Å²) < 4.78 is 40.3. The van der Waals surface area contributed by atoms with E-state index < -0.39 is 20.7 Å². The second-order valence-corrected chi connectivity index (χ2v) is 8.54. The Hall–Kier alpha value is -1.48. The van der Waals surface area contributed by atoms with Crippen LogP contribution >= 0.6 is 22.9 Å². The lowest BCUT2D eigenvalue weighted by molar-refractivity contribution is 0.0702. The van der Waals surface area contributed by atoms with Gasteiger partial charge >= 0.3 is 0 Å². The van der Waals surface area contributed by atoms with Crippen LogP contribution in [0.1, 0.15) is 9.67 Å². The average molecular weight is 389 g/mol. The summed E-state index contributed by atoms with van der Waals surface area (Å²) in [4.78, 5) is 14.1. The quantitative estimate of drug-likeness (QED) is 0.812. The number of carbonyl (C=O) groups excluding carboxylic acids is 1. The summed E-state index contributed by atoms with van der Waals surface area (Å²) in [6.07, 6.45) is 0. The predicted octanol–water partition coefficient (Wildman–Crippen LogP) is 2.69. The molecule has 3 rings (SSSR count). The topological polar surface area (TPSA) is 57.7 Å². The van der Waals surface area contributed by atoms with Gasteiger partial charge in [-0.15, -0.1) is 11.3 Å². The summed E-state index contributed by atoms with van der Waals surface area (Å²) in [7, 11) is -3.95. The molecule has 9 heteroatoms. The third-order valence-electron chi connectivity index (χ3n) is 3.77. The van der Waals surface area contributed by atoms with Crippen molar-refractivity contribution in [2.45, 2.75) is 4.90 Å². The highest BCUT2D eigenvalue weighted by atomic mass is 35.5. The molecule has 0 spiro atoms. The summed E-state index contributed by atoms with van der Waals surface area (Å²) in [5, 5.41) is 1.95. The summed E-state index contributed by atoms with van der Waals surface area (Å²) in [6.45, 7) is 0.791. The number of benzene rings is 1. The zero-order valence-corrected chi connectivity index (χ0v) is 14.9. The summed E-state index contributed by atoms with van der Waals surface area (Å²) in [5.74, 6) is -0.987. The molecular formula is C15H14ClFN2O3S2. The molecule has 0 N–H and O–H groups in total. The fourth-order valence-corrected chi connectivity index (χ4v) is 4.83. The van der Waals surface area contributed by atoms with Gasteiger partial charge in [-0.1, -0.05) is 17.7 Å². The Kier molecular flexibility index (Phi) is 4.91. The first-order valence-electron chi connectivity index (χ1n) is 7.17. The number of piperazine rings is 1. The summed E-state index contributed by atoms with van der Waals surface area (Å²) >= 11 is 7.01. The number of sulfonamides is 1. The Labute approximate surface area is 148 Å². The van der Waals surface area contributed by atoms with E-state index in [4.69, 9.17) is 11.6 Å². The number of halogens is 2. The van der Waals surface area contributed by atoms with Gasteiger partial charge in [0.25, 0.3) is 5.91 Å². The summed E-state index contributed by atoms with van der Waals surface area (Å²) in [6, 6.07) is 7.01. The molecule has 1 amide bonds. The first kappa shape index (κ1) is 17.3. The maximum absolute atomic E-state index is 13.9. The number of hydrogen-bond donors (Lipinski definition) is 0. The van der Waals surface area contributed by atoms with Crippen molar-refractivity contribution in [3.8, 4) is 0 Å². The monoisotopic (exact) mass is 388 g/mol. The molecular weight excluding hydrogens is 375 g/mol. The average Bonchev–Trinajstić information content (AvgIpc) is 3.08. The number of amides is 1. The van der Waals surface area contributed by atoms with Gasteiger partial charge in [-0.2, -0.15) is 4.31 Å². The molecule has 1 aromatic heterocycles. The molecule has 1 saturated heterocycles. The molecule has 2 aromatic rings. The van der Waals surface area contributed by atoms with Crippen LogP contribution in [0.4, 0.5) is 4.39 Å². The standard InChI is InChI=1S/C15H14ClFN2O3S2/c16-11-3-4-14(12(17)10-11)24(21,22)19-7-5-18(6-8-19)15(20)13-2-1-9-23-13/h1-4,9-10H,5-8H2. The van der Waals surface area contributed by atoms with Gasteiger partial charge < -0.3 is 4.90 Å². The number of thiophene rings is 1. The molecule has 0 atom stereocenters. The van der Waals surface area contributed by atoms with Gasteiger partial charge in [0.1, 0.15) is 10.7 Å². The fraction of sp³-hybridized carbons (Fsp3) is 0.267. The number of nitrogens with zero attached hydrogens (tertiary/aromatic N) is 2. The zero-order valence-electron chi connectivity index (χ0n) is 12.5. The maximum Gasteiger partial charge on any atom is 0.264 e. The normalized spacial score (nSPS) is 16.3. The van der Waals surface area contributed by atoms with Gasteiger partial charge in [0.05, 0.1) is 4.88 Å². The molecule has 0 unspecified atom stereocenters. The van der Waals surface area contributed by atoms with Crippen LogP contribution in [0.5, 0.6) is 0 Å². The van der Waals surface area contributed by atoms with Crippen LogP contribution in [0.15, 0.2) is 40.6 Å². The van der Waals surface area contributed by atoms with Crippen LogP contribution in [0.3, 0.4) is 0 Å². The predicted molar refractivity (Wildman–Crippen MR) is 90.4 cm³/mol. The molecule has 128 valence electrons. The van der Waals surface area contributed by atoms with Crippen LogP contribution in [0.25, 0.3) is 0 Å². The number of carbonyl (C=O) groups is 1. The van der Waals surface area contributed by atoms with Crippen molar-refractivity contribution in [2.75, 3.05) is 26.2 Å². The molecule has 1 aliphatic rings. The summed E-state index contributed by atoms with van der Waals surface area (Å²) in [5.41, 5.74) is 0. The van der Waals surface area contributed by atoms with E-state index in [1.54, 1.807) is 17.0 Å². The van der Waals surface area contributed by atoms with E-state index in [-0.39, 0.29) is 37.1 Å². The Balaban J connectivity index is 1.73. The molecule has 2 heterocycles. The third-order valence-corrected chi connectivity index (χ3v) is 6.79. The van der Waals surface area contributed by atoms with Crippen molar-refractivity contribution in [3.63, 3.8) is 0 Å². The molecule has 24 heavy (non-hydrogen) atoms. The molecule has 0 saturated carbocycles. The Morgan fingerprint density at radius 3 is 2.46 bits per heavy atom. The van der Waals surface area contributed by atoms with Gasteiger partial charge in [-0.05, 0) is 29.6 Å². The molecule has 1 aromatic carbocycles. The molecule has 0 radical (unpaired) electrons. The molecule has 1 fully saturated rings. The molecule has 5 nitrogen and oxygen atoms in total. The fourth-order valence-electron chi connectivity index (χ4n) is 2.51. The van der Waals surface area contributed by atoms with Gasteiger partial charge in [0, 0.05) is 31.2 Å². The van der Waals surface area contributed by atoms with Crippen LogP contribution in [0, 0.1) is 5.82 Å².